The number of likely N-dealkylation sites (tertiary alicyclic amines) is 1. The van der Waals surface area contributed by atoms with E-state index in [9.17, 15) is 14.4 Å². The Bertz CT molecular complexity index is 859. The lowest BCUT2D eigenvalue weighted by Gasteiger charge is -2.35. The third-order valence-corrected chi connectivity index (χ3v) is 5.56. The van der Waals surface area contributed by atoms with Gasteiger partial charge in [0.25, 0.3) is 5.91 Å². The quantitative estimate of drug-likeness (QED) is 0.290. The van der Waals surface area contributed by atoms with E-state index in [-0.39, 0.29) is 36.2 Å². The van der Waals surface area contributed by atoms with Crippen LogP contribution in [0.4, 0.5) is 10.5 Å². The fraction of sp³-hybridized carbons (Fsp3) is 0.542. The van der Waals surface area contributed by atoms with Gasteiger partial charge < -0.3 is 30.0 Å². The number of aliphatic carboxylic acids is 1. The number of carbonyl (C=O) groups excluding carboxylic acids is 2. The number of nitrogens with two attached hydrogens (primary N) is 1. The molecule has 34 heavy (non-hydrogen) atoms. The van der Waals surface area contributed by atoms with Crippen LogP contribution in [-0.2, 0) is 9.53 Å². The molecule has 4 N–H and O–H groups in total. The van der Waals surface area contributed by atoms with Crippen molar-refractivity contribution in [2.45, 2.75) is 51.0 Å². The molecule has 0 spiro atoms. The number of nitrogens with zero attached hydrogens (tertiary/aromatic N) is 1. The Balaban J connectivity index is 2.26. The first-order valence-electron chi connectivity index (χ1n) is 11.5. The second-order valence-electron chi connectivity index (χ2n) is 8.00. The lowest BCUT2D eigenvalue weighted by atomic mass is 10.00. The summed E-state index contributed by atoms with van der Waals surface area (Å²) >= 11 is 0. The smallest absolute Gasteiger partial charge is 0.411 e. The third-order valence-electron chi connectivity index (χ3n) is 5.56. The fourth-order valence-corrected chi connectivity index (χ4v) is 3.80. The Morgan fingerprint density at radius 1 is 1.24 bits per heavy atom. The number of unbranched alkanes of at least 4 members (excludes halogenated alkanes) is 2. The van der Waals surface area contributed by atoms with Gasteiger partial charge >= 0.3 is 12.1 Å². The van der Waals surface area contributed by atoms with Gasteiger partial charge in [-0.2, -0.15) is 0 Å². The maximum Gasteiger partial charge on any atom is 0.411 e. The van der Waals surface area contributed by atoms with E-state index in [0.717, 1.165) is 19.3 Å². The fourth-order valence-electron chi connectivity index (χ4n) is 3.80. The molecule has 1 aliphatic rings. The highest BCUT2D eigenvalue weighted by Crippen LogP contribution is 2.35. The highest BCUT2D eigenvalue weighted by molar-refractivity contribution is 6.03. The molecule has 1 aromatic rings. The summed E-state index contributed by atoms with van der Waals surface area (Å²) in [6, 6.07) is 3.02. The van der Waals surface area contributed by atoms with Crippen LogP contribution in [0, 0.1) is 0 Å². The van der Waals surface area contributed by atoms with Crippen molar-refractivity contribution in [1.82, 2.24) is 4.90 Å². The summed E-state index contributed by atoms with van der Waals surface area (Å²) < 4.78 is 16.3. The van der Waals surface area contributed by atoms with Crippen LogP contribution in [0.2, 0.25) is 0 Å². The molecule has 10 nitrogen and oxygen atoms in total. The summed E-state index contributed by atoms with van der Waals surface area (Å²) in [5.41, 5.74) is 6.39. The molecule has 1 aliphatic heterocycles. The van der Waals surface area contributed by atoms with Crippen LogP contribution in [0.5, 0.6) is 11.5 Å². The van der Waals surface area contributed by atoms with Gasteiger partial charge in [0.2, 0.25) is 0 Å². The number of ether oxygens (including phenoxy) is 3. The standard InChI is InChI=1S/C24H35N3O7/c1-3-12-34-24(31)26-19-15-21(33-13-8-4-5-10-22(28)29)20(32-2)14-18(19)23(30)27-11-7-6-9-17(27)16-25/h3,14-15,17H,1,4-13,16,25H2,2H3,(H,26,31)(H,28,29)/t17-/m0/s1. The summed E-state index contributed by atoms with van der Waals surface area (Å²) in [6.45, 7) is 4.80. The van der Waals surface area contributed by atoms with Gasteiger partial charge in [0.05, 0.1) is 25.0 Å². The minimum atomic E-state index is -0.826. The number of benzene rings is 1. The monoisotopic (exact) mass is 477 g/mol. The number of piperidine rings is 1. The van der Waals surface area contributed by atoms with Gasteiger partial charge in [-0.3, -0.25) is 14.9 Å². The van der Waals surface area contributed by atoms with Crippen LogP contribution >= 0.6 is 0 Å². The minimum Gasteiger partial charge on any atom is -0.493 e. The van der Waals surface area contributed by atoms with E-state index in [1.165, 1.54) is 13.2 Å². The molecule has 1 fully saturated rings. The zero-order valence-electron chi connectivity index (χ0n) is 19.7. The molecule has 2 amide bonds. The average molecular weight is 478 g/mol. The second-order valence-corrected chi connectivity index (χ2v) is 8.00. The van der Waals surface area contributed by atoms with Gasteiger partial charge in [0.15, 0.2) is 11.5 Å². The Labute approximate surface area is 200 Å². The maximum atomic E-state index is 13.5. The van der Waals surface area contributed by atoms with Crippen molar-refractivity contribution in [2.24, 2.45) is 5.73 Å². The molecule has 0 bridgehead atoms. The number of amides is 2. The molecule has 1 saturated heterocycles. The van der Waals surface area contributed by atoms with Crippen molar-refractivity contribution >= 4 is 23.7 Å². The molecule has 0 aliphatic carbocycles. The Morgan fingerprint density at radius 3 is 2.71 bits per heavy atom. The maximum absolute atomic E-state index is 13.5. The Kier molecular flexibility index (Phi) is 11.2. The van der Waals surface area contributed by atoms with Crippen molar-refractivity contribution in [3.8, 4) is 11.5 Å². The van der Waals surface area contributed by atoms with E-state index in [4.69, 9.17) is 25.1 Å². The highest BCUT2D eigenvalue weighted by atomic mass is 16.5. The largest absolute Gasteiger partial charge is 0.493 e. The van der Waals surface area contributed by atoms with Crippen LogP contribution in [0.3, 0.4) is 0 Å². The molecule has 188 valence electrons. The third kappa shape index (κ3) is 7.95. The minimum absolute atomic E-state index is 0.0202. The number of anilines is 1. The summed E-state index contributed by atoms with van der Waals surface area (Å²) in [4.78, 5) is 38.1. The summed E-state index contributed by atoms with van der Waals surface area (Å²) in [5.74, 6) is -0.384. The molecule has 0 saturated carbocycles. The molecule has 0 aromatic heterocycles. The van der Waals surface area contributed by atoms with E-state index in [1.807, 2.05) is 0 Å². The van der Waals surface area contributed by atoms with Crippen LogP contribution < -0.4 is 20.5 Å². The van der Waals surface area contributed by atoms with Gasteiger partial charge in [-0.15, -0.1) is 0 Å². The molecule has 1 heterocycles. The molecular formula is C24H35N3O7. The average Bonchev–Trinajstić information content (AvgIpc) is 2.84. The predicted octanol–water partition coefficient (Wildman–Crippen LogP) is 3.41. The van der Waals surface area contributed by atoms with Gasteiger partial charge in [-0.05, 0) is 44.6 Å². The SMILES string of the molecule is C=CCOC(=O)Nc1cc(OCCCCCC(=O)O)c(OC)cc1C(=O)N1CCCC[C@H]1CN. The molecule has 0 unspecified atom stereocenters. The number of hydrogen-bond acceptors (Lipinski definition) is 7. The molecule has 0 radical (unpaired) electrons. The van der Waals surface area contributed by atoms with Crippen molar-refractivity contribution in [3.63, 3.8) is 0 Å². The predicted molar refractivity (Wildman–Crippen MR) is 127 cm³/mol. The summed E-state index contributed by atoms with van der Waals surface area (Å²) in [6.07, 6.45) is 5.44. The number of carbonyl (C=O) groups is 3. The van der Waals surface area contributed by atoms with Crippen molar-refractivity contribution < 1.29 is 33.7 Å². The highest BCUT2D eigenvalue weighted by Gasteiger charge is 2.29. The van der Waals surface area contributed by atoms with Crippen molar-refractivity contribution in [1.29, 1.82) is 0 Å². The zero-order chi connectivity index (χ0) is 24.9. The van der Waals surface area contributed by atoms with E-state index in [0.29, 0.717) is 50.5 Å². The van der Waals surface area contributed by atoms with E-state index in [1.54, 1.807) is 17.0 Å². The normalized spacial score (nSPS) is 15.4. The van der Waals surface area contributed by atoms with Gasteiger partial charge in [-0.1, -0.05) is 12.7 Å². The number of hydrogen-bond donors (Lipinski definition) is 3. The first-order chi connectivity index (χ1) is 16.4. The molecule has 10 heteroatoms. The Morgan fingerprint density at radius 2 is 2.03 bits per heavy atom. The number of nitrogens with one attached hydrogen (secondary N) is 1. The van der Waals surface area contributed by atoms with Crippen LogP contribution in [0.15, 0.2) is 24.8 Å². The van der Waals surface area contributed by atoms with E-state index < -0.39 is 12.1 Å². The number of rotatable bonds is 13. The zero-order valence-corrected chi connectivity index (χ0v) is 19.7. The topological polar surface area (TPSA) is 140 Å². The van der Waals surface area contributed by atoms with Gasteiger partial charge in [-0.25, -0.2) is 4.79 Å². The van der Waals surface area contributed by atoms with Gasteiger partial charge in [0.1, 0.15) is 6.61 Å². The van der Waals surface area contributed by atoms with Crippen molar-refractivity contribution in [2.75, 3.05) is 38.7 Å². The van der Waals surface area contributed by atoms with E-state index >= 15 is 0 Å². The molecule has 1 atom stereocenters. The molecule has 2 rings (SSSR count). The van der Waals surface area contributed by atoms with Gasteiger partial charge in [0, 0.05) is 31.6 Å². The molecular weight excluding hydrogens is 442 g/mol. The van der Waals surface area contributed by atoms with Crippen molar-refractivity contribution in [3.05, 3.63) is 30.4 Å². The number of methoxy groups -OCH3 is 1. The van der Waals surface area contributed by atoms with E-state index in [2.05, 4.69) is 11.9 Å². The lowest BCUT2D eigenvalue weighted by molar-refractivity contribution is -0.137. The van der Waals surface area contributed by atoms with Crippen LogP contribution in [0.1, 0.15) is 55.3 Å². The number of carboxylic acids is 1. The number of carboxylic acid groups (broad SMARTS) is 1. The van der Waals surface area contributed by atoms with Crippen LogP contribution in [-0.4, -0.2) is 67.4 Å². The Hall–Kier alpha value is -3.27. The molecule has 1 aromatic carbocycles. The first-order valence-corrected chi connectivity index (χ1v) is 11.5. The first kappa shape index (κ1) is 27.0. The summed E-state index contributed by atoms with van der Waals surface area (Å²) in [7, 11) is 1.47. The second kappa shape index (κ2) is 14.1. The lowest BCUT2D eigenvalue weighted by Crippen LogP contribution is -2.47. The summed E-state index contributed by atoms with van der Waals surface area (Å²) in [5, 5.41) is 11.4. The van der Waals surface area contributed by atoms with Crippen LogP contribution in [0.25, 0.3) is 0 Å².